The number of likely N-dealkylation sites (tertiary alicyclic amines) is 1. The maximum Gasteiger partial charge on any atom is 0.490 e. The first kappa shape index (κ1) is 24.4. The van der Waals surface area contributed by atoms with E-state index in [1.807, 2.05) is 18.2 Å². The molecule has 2 saturated heterocycles. The van der Waals surface area contributed by atoms with Crippen molar-refractivity contribution in [1.82, 2.24) is 9.88 Å². The molecule has 0 bridgehead atoms. The molecule has 1 spiro atoms. The lowest BCUT2D eigenvalue weighted by Gasteiger charge is -2.50. The van der Waals surface area contributed by atoms with Gasteiger partial charge in [-0.15, -0.1) is 0 Å². The number of halogens is 4. The molecular weight excluding hydrogens is 448 g/mol. The third kappa shape index (κ3) is 5.98. The van der Waals surface area contributed by atoms with E-state index < -0.39 is 18.0 Å². The highest BCUT2D eigenvalue weighted by atomic mass is 19.4. The van der Waals surface area contributed by atoms with Gasteiger partial charge >= 0.3 is 12.1 Å². The lowest BCUT2D eigenvalue weighted by Crippen LogP contribution is -2.66. The molecule has 1 atom stereocenters. The number of carboxylic acid groups (broad SMARTS) is 1. The summed E-state index contributed by atoms with van der Waals surface area (Å²) in [5, 5.41) is 7.12. The molecule has 1 amide bonds. The van der Waals surface area contributed by atoms with E-state index in [-0.39, 0.29) is 17.1 Å². The van der Waals surface area contributed by atoms with E-state index in [2.05, 4.69) is 4.98 Å². The van der Waals surface area contributed by atoms with E-state index >= 15 is 0 Å². The summed E-state index contributed by atoms with van der Waals surface area (Å²) in [5.41, 5.74) is -0.190. The zero-order valence-electron chi connectivity index (χ0n) is 17.4. The highest BCUT2D eigenvalue weighted by molar-refractivity contribution is 5.95. The lowest BCUT2D eigenvalue weighted by molar-refractivity contribution is -0.192. The molecule has 2 fully saturated rings. The van der Waals surface area contributed by atoms with Gasteiger partial charge in [-0.2, -0.15) is 13.2 Å². The van der Waals surface area contributed by atoms with Crippen LogP contribution in [0, 0.1) is 11.7 Å². The highest BCUT2D eigenvalue weighted by Crippen LogP contribution is 2.42. The van der Waals surface area contributed by atoms with Gasteiger partial charge in [-0.1, -0.05) is 18.2 Å². The molecule has 1 aromatic carbocycles. The fraction of sp³-hybridized carbons (Fsp3) is 0.409. The minimum absolute atomic E-state index is 0.121. The van der Waals surface area contributed by atoms with Crippen molar-refractivity contribution in [3.8, 4) is 5.88 Å². The number of benzene rings is 1. The highest BCUT2D eigenvalue weighted by Gasteiger charge is 2.54. The molecule has 3 heterocycles. The summed E-state index contributed by atoms with van der Waals surface area (Å²) in [5.74, 6) is -2.56. The molecule has 11 heteroatoms. The molecule has 2 aliphatic rings. The van der Waals surface area contributed by atoms with Crippen molar-refractivity contribution in [2.45, 2.75) is 24.6 Å². The van der Waals surface area contributed by atoms with Crippen LogP contribution in [0.2, 0.25) is 0 Å². The monoisotopic (exact) mass is 470 g/mol. The number of rotatable bonds is 5. The maximum atomic E-state index is 13.8. The predicted octanol–water partition coefficient (Wildman–Crippen LogP) is 3.55. The fourth-order valence-corrected chi connectivity index (χ4v) is 3.83. The van der Waals surface area contributed by atoms with Crippen LogP contribution >= 0.6 is 0 Å². The van der Waals surface area contributed by atoms with Crippen molar-refractivity contribution in [2.75, 3.05) is 26.3 Å². The first-order chi connectivity index (χ1) is 15.6. The van der Waals surface area contributed by atoms with E-state index in [1.165, 1.54) is 12.1 Å². The Morgan fingerprint density at radius 1 is 1.18 bits per heavy atom. The van der Waals surface area contributed by atoms with Crippen molar-refractivity contribution in [1.29, 1.82) is 0 Å². The summed E-state index contributed by atoms with van der Waals surface area (Å²) in [6, 6.07) is 11.7. The van der Waals surface area contributed by atoms with Crippen LogP contribution in [0.5, 0.6) is 5.88 Å². The normalized spacial score (nSPS) is 18.8. The van der Waals surface area contributed by atoms with Gasteiger partial charge in [-0.05, 0) is 37.0 Å². The van der Waals surface area contributed by atoms with Crippen LogP contribution in [-0.4, -0.2) is 64.9 Å². The van der Waals surface area contributed by atoms with Gasteiger partial charge in [0, 0.05) is 18.9 Å². The summed E-state index contributed by atoms with van der Waals surface area (Å²) >= 11 is 0. The summed E-state index contributed by atoms with van der Waals surface area (Å²) in [6.07, 6.45) is -1.58. The quantitative estimate of drug-likeness (QED) is 0.673. The van der Waals surface area contributed by atoms with Crippen molar-refractivity contribution in [3.05, 3.63) is 60.0 Å². The van der Waals surface area contributed by atoms with Crippen LogP contribution in [0.25, 0.3) is 0 Å². The van der Waals surface area contributed by atoms with Crippen LogP contribution in [0.15, 0.2) is 48.7 Å². The second-order valence-corrected chi connectivity index (χ2v) is 7.65. The largest absolute Gasteiger partial charge is 0.490 e. The summed E-state index contributed by atoms with van der Waals surface area (Å²) in [7, 11) is 0. The molecule has 1 N–H and O–H groups in total. The average molecular weight is 470 g/mol. The van der Waals surface area contributed by atoms with Crippen molar-refractivity contribution >= 4 is 11.9 Å². The molecule has 0 aliphatic carbocycles. The van der Waals surface area contributed by atoms with Crippen LogP contribution < -0.4 is 4.74 Å². The minimum Gasteiger partial charge on any atom is -0.478 e. The molecule has 178 valence electrons. The molecule has 33 heavy (non-hydrogen) atoms. The molecule has 0 saturated carbocycles. The first-order valence-corrected chi connectivity index (χ1v) is 10.1. The smallest absolute Gasteiger partial charge is 0.478 e. The predicted molar refractivity (Wildman–Crippen MR) is 107 cm³/mol. The Morgan fingerprint density at radius 2 is 1.85 bits per heavy atom. The van der Waals surface area contributed by atoms with Crippen LogP contribution in [0.4, 0.5) is 17.6 Å². The molecule has 2 aromatic rings. The van der Waals surface area contributed by atoms with E-state index in [0.29, 0.717) is 38.1 Å². The number of carbonyl (C=O) groups excluding carboxylic acids is 1. The molecule has 2 aliphatic heterocycles. The Hall–Kier alpha value is -3.21. The number of alkyl halides is 3. The summed E-state index contributed by atoms with van der Waals surface area (Å²) in [4.78, 5) is 27.2. The number of aliphatic carboxylic acids is 1. The minimum atomic E-state index is -5.08. The van der Waals surface area contributed by atoms with Gasteiger partial charge < -0.3 is 19.5 Å². The Balaban J connectivity index is 0.000000383. The molecular formula is C22H22F4N2O5. The second-order valence-electron chi connectivity index (χ2n) is 7.65. The van der Waals surface area contributed by atoms with Gasteiger partial charge in [0.25, 0.3) is 5.91 Å². The van der Waals surface area contributed by atoms with E-state index in [1.54, 1.807) is 23.2 Å². The van der Waals surface area contributed by atoms with Crippen LogP contribution in [0.1, 0.15) is 23.2 Å². The van der Waals surface area contributed by atoms with E-state index in [9.17, 15) is 22.4 Å². The Kier molecular flexibility index (Phi) is 7.52. The third-order valence-electron chi connectivity index (χ3n) is 5.50. The van der Waals surface area contributed by atoms with Gasteiger partial charge in [0.05, 0.1) is 25.3 Å². The van der Waals surface area contributed by atoms with Crippen LogP contribution in [0.3, 0.4) is 0 Å². The zero-order valence-corrected chi connectivity index (χ0v) is 17.4. The average Bonchev–Trinajstić information content (AvgIpc) is 3.17. The van der Waals surface area contributed by atoms with Crippen LogP contribution in [-0.2, 0) is 9.53 Å². The zero-order chi connectivity index (χ0) is 24.1. The van der Waals surface area contributed by atoms with Crippen molar-refractivity contribution in [3.63, 3.8) is 0 Å². The number of aromatic nitrogens is 1. The standard InChI is InChI=1S/C20H21FN2O3.C2HF3O2/c21-17-6-2-1-5-16(17)19(24)23-13-20(14-23)15(9-12-26-20)8-11-25-18-7-3-4-10-22-18;3-2(4,5)1(6)7/h1-7,10,15H,8-9,11-14H2;(H,6,7). The molecule has 4 rings (SSSR count). The number of pyridine rings is 1. The topological polar surface area (TPSA) is 89.0 Å². The van der Waals surface area contributed by atoms with Crippen molar-refractivity contribution < 1.29 is 41.7 Å². The Labute approximate surface area is 186 Å². The van der Waals surface area contributed by atoms with Gasteiger partial charge in [0.15, 0.2) is 0 Å². The number of amides is 1. The van der Waals surface area contributed by atoms with E-state index in [4.69, 9.17) is 19.4 Å². The van der Waals surface area contributed by atoms with Gasteiger partial charge in [0.1, 0.15) is 11.4 Å². The Bertz CT molecular complexity index is 965. The van der Waals surface area contributed by atoms with E-state index in [0.717, 1.165) is 12.8 Å². The fourth-order valence-electron chi connectivity index (χ4n) is 3.83. The molecule has 7 nitrogen and oxygen atoms in total. The lowest BCUT2D eigenvalue weighted by atomic mass is 9.79. The number of carboxylic acids is 1. The number of nitrogens with zero attached hydrogens (tertiary/aromatic N) is 2. The van der Waals surface area contributed by atoms with Gasteiger partial charge in [-0.3, -0.25) is 4.79 Å². The molecule has 1 unspecified atom stereocenters. The summed E-state index contributed by atoms with van der Waals surface area (Å²) in [6.45, 7) is 2.27. The number of carbonyl (C=O) groups is 2. The maximum absolute atomic E-state index is 13.8. The molecule has 1 aromatic heterocycles. The molecule has 0 radical (unpaired) electrons. The third-order valence-corrected chi connectivity index (χ3v) is 5.50. The first-order valence-electron chi connectivity index (χ1n) is 10.1. The van der Waals surface area contributed by atoms with Gasteiger partial charge in [-0.25, -0.2) is 14.2 Å². The SMILES string of the molecule is O=C(O)C(F)(F)F.O=C(c1ccccc1F)N1CC2(C1)OCCC2CCOc1ccccn1. The Morgan fingerprint density at radius 3 is 2.45 bits per heavy atom. The second kappa shape index (κ2) is 10.2. The number of hydrogen-bond donors (Lipinski definition) is 1. The number of hydrogen-bond acceptors (Lipinski definition) is 5. The summed E-state index contributed by atoms with van der Waals surface area (Å²) < 4.78 is 57.2. The van der Waals surface area contributed by atoms with Gasteiger partial charge in [0.2, 0.25) is 5.88 Å². The number of ether oxygens (including phenoxy) is 2. The van der Waals surface area contributed by atoms with Crippen molar-refractivity contribution in [2.24, 2.45) is 5.92 Å².